The fraction of sp³-hybridized carbons (Fsp3) is 0.407. The fourth-order valence-electron chi connectivity index (χ4n) is 5.08. The van der Waals surface area contributed by atoms with E-state index >= 15 is 0 Å². The summed E-state index contributed by atoms with van der Waals surface area (Å²) in [5.41, 5.74) is 2.64. The average Bonchev–Trinajstić information content (AvgIpc) is 3.57. The molecule has 3 aromatic rings. The van der Waals surface area contributed by atoms with Crippen molar-refractivity contribution in [2.45, 2.75) is 57.3 Å². The molecule has 2 aliphatic rings. The molecule has 5 rings (SSSR count). The van der Waals surface area contributed by atoms with Crippen molar-refractivity contribution in [2.75, 3.05) is 6.61 Å². The molecule has 2 aromatic carbocycles. The Bertz CT molecular complexity index is 1030. The molecule has 0 aliphatic heterocycles. The smallest absolute Gasteiger partial charge is 0.174 e. The minimum atomic E-state index is -0.790. The molecule has 2 saturated carbocycles. The molecule has 0 amide bonds. The predicted molar refractivity (Wildman–Crippen MR) is 124 cm³/mol. The van der Waals surface area contributed by atoms with E-state index in [2.05, 4.69) is 12.1 Å². The van der Waals surface area contributed by atoms with Crippen molar-refractivity contribution in [1.82, 2.24) is 0 Å². The first-order valence-electron chi connectivity index (χ1n) is 11.5. The zero-order valence-electron chi connectivity index (χ0n) is 17.7. The summed E-state index contributed by atoms with van der Waals surface area (Å²) in [5, 5.41) is 0.772. The van der Waals surface area contributed by atoms with Crippen LogP contribution in [0.2, 0.25) is 0 Å². The summed E-state index contributed by atoms with van der Waals surface area (Å²) in [6, 6.07) is 15.1. The van der Waals surface area contributed by atoms with E-state index in [1.165, 1.54) is 68.3 Å². The van der Waals surface area contributed by atoms with Gasteiger partial charge in [0.2, 0.25) is 0 Å². The van der Waals surface area contributed by atoms with Crippen molar-refractivity contribution in [2.24, 2.45) is 5.92 Å². The highest BCUT2D eigenvalue weighted by Gasteiger charge is 2.20. The van der Waals surface area contributed by atoms with E-state index in [4.69, 9.17) is 4.74 Å². The Labute approximate surface area is 187 Å². The summed E-state index contributed by atoms with van der Waals surface area (Å²) in [4.78, 5) is 0.695. The summed E-state index contributed by atoms with van der Waals surface area (Å²) < 4.78 is 35.9. The van der Waals surface area contributed by atoms with Gasteiger partial charge in [-0.25, -0.2) is 8.78 Å². The Morgan fingerprint density at radius 2 is 1.39 bits per heavy atom. The van der Waals surface area contributed by atoms with Crippen molar-refractivity contribution in [1.29, 1.82) is 0 Å². The lowest BCUT2D eigenvalue weighted by atomic mass is 9.94. The normalized spacial score (nSPS) is 17.5. The Hall–Kier alpha value is -2.20. The van der Waals surface area contributed by atoms with E-state index in [9.17, 15) is 8.78 Å². The van der Waals surface area contributed by atoms with Crippen LogP contribution in [0.15, 0.2) is 48.5 Å². The number of benzene rings is 2. The van der Waals surface area contributed by atoms with E-state index in [1.54, 1.807) is 12.1 Å². The van der Waals surface area contributed by atoms with E-state index in [0.717, 1.165) is 10.6 Å². The molecule has 1 nitrogen and oxygen atoms in total. The lowest BCUT2D eigenvalue weighted by Gasteiger charge is -2.12. The topological polar surface area (TPSA) is 9.23 Å². The second-order valence-electron chi connectivity index (χ2n) is 8.97. The molecule has 31 heavy (non-hydrogen) atoms. The second kappa shape index (κ2) is 9.12. The molecular weight excluding hydrogens is 410 g/mol. The van der Waals surface area contributed by atoms with Crippen LogP contribution in [0.1, 0.15) is 62.8 Å². The van der Waals surface area contributed by atoms with Crippen LogP contribution >= 0.6 is 11.3 Å². The molecule has 0 radical (unpaired) electrons. The van der Waals surface area contributed by atoms with Crippen LogP contribution in [0.5, 0.6) is 5.06 Å². The van der Waals surface area contributed by atoms with E-state index < -0.39 is 11.6 Å². The zero-order valence-corrected chi connectivity index (χ0v) is 18.5. The van der Waals surface area contributed by atoms with Crippen molar-refractivity contribution < 1.29 is 13.5 Å². The number of thiophene rings is 1. The van der Waals surface area contributed by atoms with Crippen LogP contribution in [0, 0.1) is 17.6 Å². The van der Waals surface area contributed by atoms with Crippen LogP contribution < -0.4 is 4.74 Å². The summed E-state index contributed by atoms with van der Waals surface area (Å²) in [6.07, 6.45) is 10.0. The summed E-state index contributed by atoms with van der Waals surface area (Å²) >= 11 is 1.38. The van der Waals surface area contributed by atoms with Crippen molar-refractivity contribution in [3.8, 4) is 26.6 Å². The molecule has 0 N–H and O–H groups in total. The highest BCUT2D eigenvalue weighted by Crippen LogP contribution is 2.39. The third-order valence-electron chi connectivity index (χ3n) is 6.91. The summed E-state index contributed by atoms with van der Waals surface area (Å²) in [6.45, 7) is 0.715. The summed E-state index contributed by atoms with van der Waals surface area (Å²) in [5.74, 6) is -0.338. The Balaban J connectivity index is 1.33. The molecule has 0 bridgehead atoms. The molecule has 2 fully saturated rings. The number of ether oxygens (including phenoxy) is 1. The van der Waals surface area contributed by atoms with Gasteiger partial charge in [-0.2, -0.15) is 0 Å². The monoisotopic (exact) mass is 438 g/mol. The molecule has 4 heteroatoms. The van der Waals surface area contributed by atoms with Gasteiger partial charge in [-0.1, -0.05) is 67.4 Å². The number of hydrogen-bond donors (Lipinski definition) is 0. The van der Waals surface area contributed by atoms with Crippen LogP contribution in [0.4, 0.5) is 8.78 Å². The number of hydrogen-bond acceptors (Lipinski definition) is 2. The van der Waals surface area contributed by atoms with Gasteiger partial charge in [0.1, 0.15) is 0 Å². The van der Waals surface area contributed by atoms with Gasteiger partial charge in [-0.3, -0.25) is 0 Å². The first-order valence-corrected chi connectivity index (χ1v) is 12.3. The van der Waals surface area contributed by atoms with Crippen LogP contribution in [0.3, 0.4) is 0 Å². The quantitative estimate of drug-likeness (QED) is 0.374. The van der Waals surface area contributed by atoms with Crippen LogP contribution in [0.25, 0.3) is 21.6 Å². The van der Waals surface area contributed by atoms with Gasteiger partial charge in [-0.05, 0) is 66.8 Å². The molecule has 0 spiro atoms. The zero-order chi connectivity index (χ0) is 21.2. The van der Waals surface area contributed by atoms with Gasteiger partial charge < -0.3 is 4.74 Å². The molecule has 2 aliphatic carbocycles. The van der Waals surface area contributed by atoms with Gasteiger partial charge in [0, 0.05) is 16.0 Å². The maximum atomic E-state index is 15.0. The molecule has 0 saturated heterocycles. The fourth-order valence-corrected chi connectivity index (χ4v) is 5.96. The highest BCUT2D eigenvalue weighted by molar-refractivity contribution is 7.17. The van der Waals surface area contributed by atoms with Gasteiger partial charge in [0.05, 0.1) is 6.61 Å². The third kappa shape index (κ3) is 4.41. The Kier molecular flexibility index (Phi) is 6.08. The lowest BCUT2D eigenvalue weighted by Crippen LogP contribution is -2.06. The van der Waals surface area contributed by atoms with Crippen LogP contribution in [-0.4, -0.2) is 6.61 Å². The first-order chi connectivity index (χ1) is 15.2. The lowest BCUT2D eigenvalue weighted by molar-refractivity contribution is 0.259. The van der Waals surface area contributed by atoms with Gasteiger partial charge in [0.25, 0.3) is 0 Å². The van der Waals surface area contributed by atoms with Crippen LogP contribution in [-0.2, 0) is 0 Å². The Morgan fingerprint density at radius 1 is 0.742 bits per heavy atom. The number of rotatable bonds is 6. The molecule has 1 heterocycles. The summed E-state index contributed by atoms with van der Waals surface area (Å²) in [7, 11) is 0. The molecule has 1 aromatic heterocycles. The molecule has 162 valence electrons. The molecule has 0 atom stereocenters. The van der Waals surface area contributed by atoms with E-state index in [1.807, 2.05) is 24.3 Å². The van der Waals surface area contributed by atoms with Gasteiger partial charge in [0.15, 0.2) is 16.7 Å². The molecular formula is C27H28F2OS. The highest BCUT2D eigenvalue weighted by atomic mass is 32.1. The maximum Gasteiger partial charge on any atom is 0.174 e. The largest absolute Gasteiger partial charge is 0.484 e. The SMILES string of the molecule is Fc1c(-c2ccc(C3CCCC3)cc2)ccc(-c2ccc(OCC3CCCC3)s2)c1F. The average molecular weight is 439 g/mol. The van der Waals surface area contributed by atoms with Gasteiger partial charge >= 0.3 is 0 Å². The van der Waals surface area contributed by atoms with E-state index in [0.29, 0.717) is 34.4 Å². The van der Waals surface area contributed by atoms with E-state index in [-0.39, 0.29) is 0 Å². The van der Waals surface area contributed by atoms with Crippen molar-refractivity contribution in [3.63, 3.8) is 0 Å². The first kappa shape index (κ1) is 20.7. The van der Waals surface area contributed by atoms with Crippen molar-refractivity contribution >= 4 is 11.3 Å². The standard InChI is InChI=1S/C27H28F2OS/c28-26-22(21-11-9-20(10-12-21)19-7-3-4-8-19)13-14-23(27(26)29)24-15-16-25(31-24)30-17-18-5-1-2-6-18/h9-16,18-19H,1-8,17H2. The minimum Gasteiger partial charge on any atom is -0.484 e. The second-order valence-corrected chi connectivity index (χ2v) is 10.0. The third-order valence-corrected chi connectivity index (χ3v) is 7.94. The predicted octanol–water partition coefficient (Wildman–Crippen LogP) is 8.59. The molecule has 0 unspecified atom stereocenters. The van der Waals surface area contributed by atoms with Crippen molar-refractivity contribution in [3.05, 3.63) is 65.7 Å². The Morgan fingerprint density at radius 3 is 2.13 bits per heavy atom. The maximum absolute atomic E-state index is 15.0. The number of halogens is 2. The minimum absolute atomic E-state index is 0.296. The van der Waals surface area contributed by atoms with Gasteiger partial charge in [-0.15, -0.1) is 0 Å².